The number of phenolic OH excluding ortho intramolecular Hbond substituents is 1. The summed E-state index contributed by atoms with van der Waals surface area (Å²) < 4.78 is 0.749. The Morgan fingerprint density at radius 1 is 1.16 bits per heavy atom. The number of thiazole rings is 1. The second-order valence-electron chi connectivity index (χ2n) is 8.84. The molecule has 0 saturated carbocycles. The van der Waals surface area contributed by atoms with Gasteiger partial charge in [0.2, 0.25) is 17.7 Å². The highest BCUT2D eigenvalue weighted by Gasteiger charge is 2.43. The third-order valence-corrected chi connectivity index (χ3v) is 8.83. The van der Waals surface area contributed by atoms with Crippen molar-refractivity contribution < 1.29 is 29.7 Å². The van der Waals surface area contributed by atoms with E-state index in [2.05, 4.69) is 15.3 Å². The highest BCUT2D eigenvalue weighted by Crippen LogP contribution is 2.44. The molecule has 0 aliphatic carbocycles. The minimum atomic E-state index is -0.621. The molecule has 2 aromatic heterocycles. The number of nitrogens with zero attached hydrogens (tertiary/aromatic N) is 3. The molecule has 1 aliphatic rings. The van der Waals surface area contributed by atoms with Crippen LogP contribution in [0.15, 0.2) is 23.2 Å². The third kappa shape index (κ3) is 5.92. The van der Waals surface area contributed by atoms with Crippen LogP contribution in [0.25, 0.3) is 10.2 Å². The van der Waals surface area contributed by atoms with E-state index < -0.39 is 16.8 Å². The van der Waals surface area contributed by atoms with Gasteiger partial charge in [0.05, 0.1) is 15.2 Å². The van der Waals surface area contributed by atoms with E-state index in [1.807, 2.05) is 13.8 Å². The number of aromatic nitrogens is 2. The molecule has 4 N–H and O–H groups in total. The fraction of sp³-hybridized carbons (Fsp3) is 0.391. The number of rotatable bonds is 9. The fourth-order valence-electron chi connectivity index (χ4n) is 3.68. The van der Waals surface area contributed by atoms with E-state index in [0.29, 0.717) is 50.8 Å². The minimum absolute atomic E-state index is 0.0973. The number of nitrogens with one attached hydrogen (secondary N) is 1. The molecule has 1 unspecified atom stereocenters. The molecule has 1 aromatic carbocycles. The van der Waals surface area contributed by atoms with E-state index in [4.69, 9.17) is 28.0 Å². The normalized spacial score (nSPS) is 16.6. The lowest BCUT2D eigenvalue weighted by Crippen LogP contribution is -2.43. The molecule has 0 spiro atoms. The molecule has 0 fully saturated rings. The number of benzene rings is 1. The van der Waals surface area contributed by atoms with E-state index in [9.17, 15) is 24.9 Å². The molecular formula is C23H24Cl2N4O6S2. The van der Waals surface area contributed by atoms with Gasteiger partial charge in [-0.15, -0.1) is 16.1 Å². The minimum Gasteiger partial charge on any atom is -0.505 e. The Morgan fingerprint density at radius 2 is 1.86 bits per heavy atom. The number of thioether (sulfide) groups is 1. The highest BCUT2D eigenvalue weighted by molar-refractivity contribution is 8.16. The summed E-state index contributed by atoms with van der Waals surface area (Å²) >= 11 is 15.0. The van der Waals surface area contributed by atoms with Crippen molar-refractivity contribution in [3.8, 4) is 17.5 Å². The first-order chi connectivity index (χ1) is 17.5. The Kier molecular flexibility index (Phi) is 8.12. The summed E-state index contributed by atoms with van der Waals surface area (Å²) in [7, 11) is 0. The number of carbonyl (C=O) groups is 2. The van der Waals surface area contributed by atoms with Crippen LogP contribution in [0.1, 0.15) is 44.5 Å². The Bertz CT molecular complexity index is 1370. The lowest BCUT2D eigenvalue weighted by atomic mass is 10.0. The van der Waals surface area contributed by atoms with Crippen molar-refractivity contribution in [2.75, 3.05) is 6.54 Å². The lowest BCUT2D eigenvalue weighted by molar-refractivity contribution is -0.145. The van der Waals surface area contributed by atoms with Gasteiger partial charge in [0.15, 0.2) is 5.75 Å². The molecule has 0 saturated heterocycles. The van der Waals surface area contributed by atoms with E-state index in [0.717, 1.165) is 0 Å². The summed E-state index contributed by atoms with van der Waals surface area (Å²) in [6.45, 7) is 4.30. The van der Waals surface area contributed by atoms with Crippen LogP contribution in [0.4, 0.5) is 0 Å². The van der Waals surface area contributed by atoms with E-state index in [1.165, 1.54) is 35.2 Å². The zero-order valence-corrected chi connectivity index (χ0v) is 23.0. The van der Waals surface area contributed by atoms with Gasteiger partial charge in [-0.2, -0.15) is 0 Å². The van der Waals surface area contributed by atoms with E-state index >= 15 is 0 Å². The number of carbonyl (C=O) groups excluding carboxylic acids is 2. The van der Waals surface area contributed by atoms with Crippen LogP contribution >= 0.6 is 46.3 Å². The van der Waals surface area contributed by atoms with Gasteiger partial charge in [0.25, 0.3) is 0 Å². The lowest BCUT2D eigenvalue weighted by Gasteiger charge is -2.23. The van der Waals surface area contributed by atoms with Crippen molar-refractivity contribution in [2.45, 2.75) is 50.3 Å². The van der Waals surface area contributed by atoms with E-state index in [1.54, 1.807) is 6.07 Å². The maximum Gasteiger partial charge on any atom is 0.333 e. The number of hydrogen-bond acceptors (Lipinski definition) is 10. The average Bonchev–Trinajstić information content (AvgIpc) is 3.50. The zero-order valence-electron chi connectivity index (χ0n) is 19.8. The number of halogens is 2. The predicted octanol–water partition coefficient (Wildman–Crippen LogP) is 4.49. The van der Waals surface area contributed by atoms with Crippen LogP contribution in [0, 0.1) is 0 Å². The van der Waals surface area contributed by atoms with Crippen LogP contribution < -0.4 is 10.2 Å². The van der Waals surface area contributed by atoms with Gasteiger partial charge in [-0.05, 0) is 32.8 Å². The molecule has 3 aromatic rings. The first kappa shape index (κ1) is 27.4. The molecule has 0 bridgehead atoms. The van der Waals surface area contributed by atoms with Gasteiger partial charge in [0.1, 0.15) is 21.1 Å². The SMILES string of the molecule is CC1(C)SC(c2nc3cc(Cl)c(O)c(Cl)c3s2)=NC1C(=O)NCCCCCC(=O)On1c(O)ccc1O. The smallest absolute Gasteiger partial charge is 0.333 e. The number of aliphatic imine (C=N–C) groups is 1. The number of amides is 1. The molecule has 10 nitrogen and oxygen atoms in total. The molecule has 1 atom stereocenters. The van der Waals surface area contributed by atoms with Crippen LogP contribution in [0.3, 0.4) is 0 Å². The standard InChI is InChI=1S/C23H24Cl2N4O6S2/c1-23(2)19(28-22(37-23)21-27-12-10-11(24)17(33)16(25)18(12)36-21)20(34)26-9-5-3-4-6-15(32)35-29-13(30)7-8-14(29)31/h7-8,10,19,30-31,33H,3-6,9H2,1-2H3,(H,26,34). The molecule has 37 heavy (non-hydrogen) atoms. The summed E-state index contributed by atoms with van der Waals surface area (Å²) in [6, 6.07) is 3.34. The maximum absolute atomic E-state index is 12.9. The Balaban J connectivity index is 1.27. The molecule has 1 amide bonds. The molecule has 3 heterocycles. The predicted molar refractivity (Wildman–Crippen MR) is 144 cm³/mol. The quantitative estimate of drug-likeness (QED) is 0.268. The number of aromatic hydroxyl groups is 3. The van der Waals surface area contributed by atoms with Crippen molar-refractivity contribution in [1.29, 1.82) is 0 Å². The zero-order chi connectivity index (χ0) is 26.9. The van der Waals surface area contributed by atoms with Crippen LogP contribution in [0.2, 0.25) is 10.0 Å². The van der Waals surface area contributed by atoms with Gasteiger partial charge in [0, 0.05) is 29.8 Å². The van der Waals surface area contributed by atoms with Crippen molar-refractivity contribution in [3.63, 3.8) is 0 Å². The number of phenols is 1. The monoisotopic (exact) mass is 586 g/mol. The van der Waals surface area contributed by atoms with Crippen molar-refractivity contribution >= 4 is 73.4 Å². The third-order valence-electron chi connectivity index (χ3n) is 5.59. The summed E-state index contributed by atoms with van der Waals surface area (Å²) in [6.07, 6.45) is 1.93. The van der Waals surface area contributed by atoms with Gasteiger partial charge < -0.3 is 25.5 Å². The summed E-state index contributed by atoms with van der Waals surface area (Å²) in [4.78, 5) is 38.9. The van der Waals surface area contributed by atoms with Crippen LogP contribution in [0.5, 0.6) is 17.5 Å². The fourth-order valence-corrected chi connectivity index (χ4v) is 6.42. The summed E-state index contributed by atoms with van der Waals surface area (Å²) in [5.74, 6) is -1.73. The van der Waals surface area contributed by atoms with Crippen molar-refractivity contribution in [2.24, 2.45) is 4.99 Å². The topological polar surface area (TPSA) is 146 Å². The van der Waals surface area contributed by atoms with Crippen molar-refractivity contribution in [3.05, 3.63) is 33.3 Å². The van der Waals surface area contributed by atoms with Crippen LogP contribution in [-0.4, -0.2) is 59.3 Å². The Hall–Kier alpha value is -2.67. The van der Waals surface area contributed by atoms with Gasteiger partial charge >= 0.3 is 5.97 Å². The molecule has 198 valence electrons. The Morgan fingerprint density at radius 3 is 2.57 bits per heavy atom. The molecule has 1 aliphatic heterocycles. The van der Waals surface area contributed by atoms with Gasteiger partial charge in [-0.1, -0.05) is 41.4 Å². The number of fused-ring (bicyclic) bond motifs is 1. The molecule has 14 heteroatoms. The maximum atomic E-state index is 12.9. The first-order valence-electron chi connectivity index (χ1n) is 11.3. The van der Waals surface area contributed by atoms with Gasteiger partial charge in [-0.25, -0.2) is 9.78 Å². The number of unbranched alkanes of at least 4 members (excludes halogenated alkanes) is 2. The molecule has 0 radical (unpaired) electrons. The first-order valence-corrected chi connectivity index (χ1v) is 13.7. The molecular weight excluding hydrogens is 563 g/mol. The highest BCUT2D eigenvalue weighted by atomic mass is 35.5. The summed E-state index contributed by atoms with van der Waals surface area (Å²) in [5.41, 5.74) is 0.549. The second kappa shape index (κ2) is 11.0. The second-order valence-corrected chi connectivity index (χ2v) is 12.3. The average molecular weight is 588 g/mol. The van der Waals surface area contributed by atoms with Crippen molar-refractivity contribution in [1.82, 2.24) is 15.0 Å². The van der Waals surface area contributed by atoms with Gasteiger partial charge in [-0.3, -0.25) is 9.79 Å². The summed E-state index contributed by atoms with van der Waals surface area (Å²) in [5, 5.41) is 33.4. The van der Waals surface area contributed by atoms with E-state index in [-0.39, 0.29) is 39.9 Å². The number of hydrogen-bond donors (Lipinski definition) is 4. The molecule has 4 rings (SSSR count). The van der Waals surface area contributed by atoms with Crippen LogP contribution in [-0.2, 0) is 9.59 Å². The Labute approximate surface area is 230 Å². The largest absolute Gasteiger partial charge is 0.505 e.